The van der Waals surface area contributed by atoms with Crippen LogP contribution in [-0.4, -0.2) is 30.2 Å². The molecule has 7 heteroatoms. The highest BCUT2D eigenvalue weighted by Crippen LogP contribution is 2.34. The van der Waals surface area contributed by atoms with Crippen molar-refractivity contribution < 1.29 is 23.9 Å². The molecule has 0 aromatic heterocycles. The third kappa shape index (κ3) is 3.69. The number of Topliss-reactive ketones (excluding diaryl/α,β-unsaturated/α-hetero) is 4. The lowest BCUT2D eigenvalue weighted by Gasteiger charge is -2.16. The first kappa shape index (κ1) is 17.4. The Morgan fingerprint density at radius 3 is 1.82 bits per heavy atom. The quantitative estimate of drug-likeness (QED) is 0.439. The number of rotatable bonds is 7. The van der Waals surface area contributed by atoms with Crippen molar-refractivity contribution in [2.45, 2.75) is 26.7 Å². The number of hydrogen-bond acceptors (Lipinski definition) is 7. The van der Waals surface area contributed by atoms with E-state index < -0.39 is 24.4 Å². The maximum atomic E-state index is 12.3. The molecule has 22 heavy (non-hydrogen) atoms. The molecular weight excluding hydrogens is 288 g/mol. The van der Waals surface area contributed by atoms with E-state index in [4.69, 9.17) is 16.2 Å². The van der Waals surface area contributed by atoms with E-state index in [0.717, 1.165) is 0 Å². The highest BCUT2D eigenvalue weighted by atomic mass is 16.5. The maximum Gasteiger partial charge on any atom is 0.173 e. The number of benzene rings is 1. The molecule has 0 atom stereocenters. The summed E-state index contributed by atoms with van der Waals surface area (Å²) >= 11 is 0. The van der Waals surface area contributed by atoms with Crippen molar-refractivity contribution in [3.63, 3.8) is 0 Å². The fourth-order valence-corrected chi connectivity index (χ4v) is 2.08. The average molecular weight is 306 g/mol. The minimum Gasteiger partial charge on any atom is -0.494 e. The highest BCUT2D eigenvalue weighted by Gasteiger charge is 2.26. The van der Waals surface area contributed by atoms with E-state index >= 15 is 0 Å². The van der Waals surface area contributed by atoms with E-state index in [0.29, 0.717) is 0 Å². The van der Waals surface area contributed by atoms with Gasteiger partial charge in [-0.05, 0) is 13.8 Å². The molecule has 0 heterocycles. The van der Waals surface area contributed by atoms with Gasteiger partial charge in [0.1, 0.15) is 17.3 Å². The van der Waals surface area contributed by atoms with Crippen molar-refractivity contribution in [3.05, 3.63) is 17.2 Å². The van der Waals surface area contributed by atoms with E-state index in [-0.39, 0.29) is 39.8 Å². The first-order valence-corrected chi connectivity index (χ1v) is 6.50. The molecule has 0 saturated carbocycles. The summed E-state index contributed by atoms with van der Waals surface area (Å²) in [5.41, 5.74) is 11.3. The molecule has 0 amide bonds. The number of anilines is 2. The highest BCUT2D eigenvalue weighted by molar-refractivity contribution is 6.21. The molecule has 0 aliphatic carbocycles. The summed E-state index contributed by atoms with van der Waals surface area (Å²) in [6.07, 6.45) is -0.826. The van der Waals surface area contributed by atoms with Crippen molar-refractivity contribution in [2.75, 3.05) is 18.6 Å². The monoisotopic (exact) mass is 306 g/mol. The van der Waals surface area contributed by atoms with Crippen molar-refractivity contribution in [2.24, 2.45) is 0 Å². The number of carbonyl (C=O) groups excluding carboxylic acids is 4. The molecule has 0 radical (unpaired) electrons. The van der Waals surface area contributed by atoms with E-state index in [1.807, 2.05) is 0 Å². The smallest absolute Gasteiger partial charge is 0.173 e. The lowest BCUT2D eigenvalue weighted by Crippen LogP contribution is -2.18. The third-order valence-electron chi connectivity index (χ3n) is 2.96. The average Bonchev–Trinajstić information content (AvgIpc) is 2.38. The topological polar surface area (TPSA) is 130 Å². The summed E-state index contributed by atoms with van der Waals surface area (Å²) in [5, 5.41) is 0. The van der Waals surface area contributed by atoms with Crippen LogP contribution in [-0.2, 0) is 9.59 Å². The van der Waals surface area contributed by atoms with Gasteiger partial charge in [-0.25, -0.2) is 0 Å². The largest absolute Gasteiger partial charge is 0.494 e. The minimum absolute atomic E-state index is 0.0239. The molecule has 0 spiro atoms. The number of hydrogen-bond donors (Lipinski definition) is 2. The molecule has 0 bridgehead atoms. The van der Waals surface area contributed by atoms with Crippen LogP contribution in [0.25, 0.3) is 0 Å². The molecule has 0 aliphatic rings. The molecule has 0 saturated heterocycles. The Morgan fingerprint density at radius 1 is 0.955 bits per heavy atom. The van der Waals surface area contributed by atoms with Gasteiger partial charge in [0, 0.05) is 11.8 Å². The summed E-state index contributed by atoms with van der Waals surface area (Å²) < 4.78 is 5.02. The Bertz CT molecular complexity index is 664. The zero-order valence-corrected chi connectivity index (χ0v) is 12.7. The molecule has 7 nitrogen and oxygen atoms in total. The second kappa shape index (κ2) is 6.84. The van der Waals surface area contributed by atoms with Crippen LogP contribution in [0.5, 0.6) is 5.75 Å². The van der Waals surface area contributed by atoms with Crippen LogP contribution in [0.15, 0.2) is 6.07 Å². The first-order chi connectivity index (χ1) is 10.2. The summed E-state index contributed by atoms with van der Waals surface area (Å²) in [6, 6.07) is 1.31. The standard InChI is InChI=1S/C15H18N2O5/c1-7(18)4-10(20)13-9(16)6-12(22-3)15(17)14(13)11(21)5-8(2)19/h6H,4-5,16-17H2,1-3H3. The molecular formula is C15H18N2O5. The van der Waals surface area contributed by atoms with E-state index in [1.54, 1.807) is 0 Å². The predicted octanol–water partition coefficient (Wildman–Crippen LogP) is 1.18. The van der Waals surface area contributed by atoms with Gasteiger partial charge in [0.2, 0.25) is 0 Å². The number of methoxy groups -OCH3 is 1. The van der Waals surface area contributed by atoms with Crippen molar-refractivity contribution in [1.29, 1.82) is 0 Å². The Kier molecular flexibility index (Phi) is 5.39. The summed E-state index contributed by atoms with van der Waals surface area (Å²) in [4.78, 5) is 46.8. The zero-order chi connectivity index (χ0) is 17.0. The fraction of sp³-hybridized carbons (Fsp3) is 0.333. The van der Waals surface area contributed by atoms with Crippen LogP contribution < -0.4 is 16.2 Å². The van der Waals surface area contributed by atoms with Crippen LogP contribution in [0, 0.1) is 0 Å². The second-order valence-corrected chi connectivity index (χ2v) is 4.94. The van der Waals surface area contributed by atoms with E-state index in [1.165, 1.54) is 27.0 Å². The normalized spacial score (nSPS) is 10.1. The Labute approximate surface area is 127 Å². The predicted molar refractivity (Wildman–Crippen MR) is 81.1 cm³/mol. The van der Waals surface area contributed by atoms with Crippen molar-refractivity contribution in [3.8, 4) is 5.75 Å². The summed E-state index contributed by atoms with van der Waals surface area (Å²) in [5.74, 6) is -1.88. The molecule has 4 N–H and O–H groups in total. The molecule has 0 aliphatic heterocycles. The summed E-state index contributed by atoms with van der Waals surface area (Å²) in [6.45, 7) is 2.49. The number of nitrogen functional groups attached to an aromatic ring is 2. The maximum absolute atomic E-state index is 12.3. The van der Waals surface area contributed by atoms with Gasteiger partial charge in [0.25, 0.3) is 0 Å². The van der Waals surface area contributed by atoms with Crippen LogP contribution in [0.2, 0.25) is 0 Å². The van der Waals surface area contributed by atoms with Crippen LogP contribution in [0.3, 0.4) is 0 Å². The van der Waals surface area contributed by atoms with Gasteiger partial charge < -0.3 is 16.2 Å². The van der Waals surface area contributed by atoms with Gasteiger partial charge in [0.15, 0.2) is 11.6 Å². The van der Waals surface area contributed by atoms with E-state index in [2.05, 4.69) is 0 Å². The van der Waals surface area contributed by atoms with E-state index in [9.17, 15) is 19.2 Å². The fourth-order valence-electron chi connectivity index (χ4n) is 2.08. The number of ether oxygens (including phenoxy) is 1. The van der Waals surface area contributed by atoms with Gasteiger partial charge in [-0.1, -0.05) is 0 Å². The molecule has 0 unspecified atom stereocenters. The van der Waals surface area contributed by atoms with Crippen LogP contribution in [0.1, 0.15) is 47.4 Å². The van der Waals surface area contributed by atoms with Gasteiger partial charge in [-0.2, -0.15) is 0 Å². The van der Waals surface area contributed by atoms with Gasteiger partial charge in [0.05, 0.1) is 36.8 Å². The second-order valence-electron chi connectivity index (χ2n) is 4.94. The number of nitrogens with two attached hydrogens (primary N) is 2. The Hall–Kier alpha value is -2.70. The van der Waals surface area contributed by atoms with Crippen LogP contribution in [0.4, 0.5) is 11.4 Å². The minimum atomic E-state index is -0.637. The summed E-state index contributed by atoms with van der Waals surface area (Å²) in [7, 11) is 1.33. The first-order valence-electron chi connectivity index (χ1n) is 6.50. The SMILES string of the molecule is COc1cc(N)c(C(=O)CC(C)=O)c(C(=O)CC(C)=O)c1N. The molecule has 118 valence electrons. The molecule has 0 fully saturated rings. The van der Waals surface area contributed by atoms with Gasteiger partial charge >= 0.3 is 0 Å². The van der Waals surface area contributed by atoms with Crippen LogP contribution >= 0.6 is 0 Å². The lowest BCUT2D eigenvalue weighted by atomic mass is 9.92. The molecule has 1 aromatic rings. The number of ketones is 4. The Balaban J connectivity index is 3.56. The van der Waals surface area contributed by atoms with Crippen molar-refractivity contribution >= 4 is 34.5 Å². The third-order valence-corrected chi connectivity index (χ3v) is 2.96. The lowest BCUT2D eigenvalue weighted by molar-refractivity contribution is -0.117. The molecule has 1 rings (SSSR count). The van der Waals surface area contributed by atoms with Gasteiger partial charge in [-0.15, -0.1) is 0 Å². The molecule has 1 aromatic carbocycles. The zero-order valence-electron chi connectivity index (χ0n) is 12.7. The van der Waals surface area contributed by atoms with Gasteiger partial charge in [-0.3, -0.25) is 19.2 Å². The van der Waals surface area contributed by atoms with Crippen molar-refractivity contribution in [1.82, 2.24) is 0 Å². The number of carbonyl (C=O) groups is 4. The Morgan fingerprint density at radius 2 is 1.41 bits per heavy atom.